The van der Waals surface area contributed by atoms with Gasteiger partial charge in [-0.1, -0.05) is 18.5 Å². The van der Waals surface area contributed by atoms with E-state index in [2.05, 4.69) is 0 Å². The molecule has 0 aliphatic heterocycles. The molecule has 2 N–H and O–H groups in total. The largest absolute Gasteiger partial charge is 0.453 e. The van der Waals surface area contributed by atoms with Gasteiger partial charge in [0.05, 0.1) is 0 Å². The lowest BCUT2D eigenvalue weighted by Gasteiger charge is -2.04. The minimum Gasteiger partial charge on any atom is -0.453 e. The topological polar surface area (TPSA) is 56.2 Å². The molecule has 0 aliphatic rings. The minimum absolute atomic E-state index is 0.0633. The van der Waals surface area contributed by atoms with Gasteiger partial charge in [0.1, 0.15) is 5.58 Å². The normalized spacial score (nSPS) is 12.9. The predicted octanol–water partition coefficient (Wildman–Crippen LogP) is 3.40. The second-order valence-corrected chi connectivity index (χ2v) is 4.52. The number of carbonyl (C=O) groups excluding carboxylic acids is 1. The second-order valence-electron chi connectivity index (χ2n) is 4.09. The fourth-order valence-corrected chi connectivity index (χ4v) is 1.82. The summed E-state index contributed by atoms with van der Waals surface area (Å²) < 4.78 is 5.47. The van der Waals surface area contributed by atoms with Crippen molar-refractivity contribution in [1.29, 1.82) is 0 Å². The summed E-state index contributed by atoms with van der Waals surface area (Å²) in [6.45, 7) is 1.95. The number of nitrogens with two attached hydrogens (primary N) is 1. The van der Waals surface area contributed by atoms with Gasteiger partial charge in [0.25, 0.3) is 0 Å². The van der Waals surface area contributed by atoms with Gasteiger partial charge in [0, 0.05) is 22.9 Å². The van der Waals surface area contributed by atoms with E-state index in [0.717, 1.165) is 11.8 Å². The molecule has 0 amide bonds. The summed E-state index contributed by atoms with van der Waals surface area (Å²) in [4.78, 5) is 11.9. The molecule has 2 rings (SSSR count). The van der Waals surface area contributed by atoms with E-state index in [-0.39, 0.29) is 11.8 Å². The van der Waals surface area contributed by atoms with Crippen molar-refractivity contribution >= 4 is 28.4 Å². The Morgan fingerprint density at radius 1 is 1.47 bits per heavy atom. The zero-order chi connectivity index (χ0) is 12.4. The molecule has 0 radical (unpaired) electrons. The predicted molar refractivity (Wildman–Crippen MR) is 68.4 cm³/mol. The molecule has 17 heavy (non-hydrogen) atoms. The molecule has 0 bridgehead atoms. The number of furan rings is 1. The summed E-state index contributed by atoms with van der Waals surface area (Å²) in [7, 11) is 0. The number of halogens is 1. The zero-order valence-corrected chi connectivity index (χ0v) is 10.3. The Morgan fingerprint density at radius 2 is 2.24 bits per heavy atom. The maximum atomic E-state index is 11.9. The summed E-state index contributed by atoms with van der Waals surface area (Å²) in [5.74, 6) is 0.290. The van der Waals surface area contributed by atoms with Crippen LogP contribution in [0.15, 0.2) is 28.7 Å². The van der Waals surface area contributed by atoms with Crippen LogP contribution in [-0.2, 0) is 0 Å². The Labute approximate surface area is 105 Å². The number of hydrogen-bond acceptors (Lipinski definition) is 3. The molecule has 90 valence electrons. The van der Waals surface area contributed by atoms with Gasteiger partial charge < -0.3 is 10.2 Å². The third-order valence-corrected chi connectivity index (χ3v) is 2.96. The number of ketones is 1. The average molecular weight is 252 g/mol. The maximum absolute atomic E-state index is 11.9. The van der Waals surface area contributed by atoms with Crippen LogP contribution in [0, 0.1) is 0 Å². The van der Waals surface area contributed by atoms with Crippen LogP contribution >= 0.6 is 11.6 Å². The molecule has 1 unspecified atom stereocenters. The van der Waals surface area contributed by atoms with Crippen LogP contribution in [0.1, 0.15) is 30.3 Å². The number of fused-ring (bicyclic) bond motifs is 1. The van der Waals surface area contributed by atoms with E-state index < -0.39 is 0 Å². The Hall–Kier alpha value is -1.32. The lowest BCUT2D eigenvalue weighted by atomic mass is 10.1. The quantitative estimate of drug-likeness (QED) is 0.848. The van der Waals surface area contributed by atoms with Crippen molar-refractivity contribution in [3.8, 4) is 0 Å². The second kappa shape index (κ2) is 4.90. The van der Waals surface area contributed by atoms with E-state index in [0.29, 0.717) is 22.8 Å². The Morgan fingerprint density at radius 3 is 2.94 bits per heavy atom. The average Bonchev–Trinajstić information content (AvgIpc) is 2.71. The summed E-state index contributed by atoms with van der Waals surface area (Å²) >= 11 is 5.87. The summed E-state index contributed by atoms with van der Waals surface area (Å²) in [6, 6.07) is 6.87. The Bertz CT molecular complexity index is 547. The van der Waals surface area contributed by atoms with E-state index >= 15 is 0 Å². The molecule has 0 spiro atoms. The van der Waals surface area contributed by atoms with Crippen molar-refractivity contribution in [2.45, 2.75) is 25.8 Å². The van der Waals surface area contributed by atoms with Gasteiger partial charge in [-0.2, -0.15) is 0 Å². The van der Waals surface area contributed by atoms with Gasteiger partial charge in [0.2, 0.25) is 0 Å². The van der Waals surface area contributed by atoms with E-state index in [4.69, 9.17) is 21.8 Å². The van der Waals surface area contributed by atoms with Gasteiger partial charge in [-0.05, 0) is 30.7 Å². The van der Waals surface area contributed by atoms with Gasteiger partial charge in [-0.25, -0.2) is 0 Å². The zero-order valence-electron chi connectivity index (χ0n) is 9.57. The molecule has 1 aromatic heterocycles. The molecule has 4 heteroatoms. The van der Waals surface area contributed by atoms with E-state index in [1.54, 1.807) is 24.3 Å². The summed E-state index contributed by atoms with van der Waals surface area (Å²) in [5.41, 5.74) is 6.42. The highest BCUT2D eigenvalue weighted by molar-refractivity contribution is 6.31. The molecule has 1 atom stereocenters. The fourth-order valence-electron chi connectivity index (χ4n) is 1.63. The Balaban J connectivity index is 2.27. The van der Waals surface area contributed by atoms with Crippen molar-refractivity contribution in [3.63, 3.8) is 0 Å². The molecule has 2 aromatic rings. The summed E-state index contributed by atoms with van der Waals surface area (Å²) in [6.07, 6.45) is 1.09. The van der Waals surface area contributed by atoms with Crippen LogP contribution in [0.2, 0.25) is 5.02 Å². The lowest BCUT2D eigenvalue weighted by Crippen LogP contribution is -2.22. The monoisotopic (exact) mass is 251 g/mol. The molecule has 1 aromatic carbocycles. The van der Waals surface area contributed by atoms with E-state index in [1.165, 1.54) is 0 Å². The Kier molecular flexibility index (Phi) is 3.50. The number of hydrogen-bond donors (Lipinski definition) is 1. The van der Waals surface area contributed by atoms with Gasteiger partial charge in [-0.3, -0.25) is 4.79 Å². The summed E-state index contributed by atoms with van der Waals surface area (Å²) in [5, 5.41) is 1.47. The number of Topliss-reactive ketones (excluding diaryl/α,β-unsaturated/α-hetero) is 1. The standard InChI is InChI=1S/C13H14ClNO2/c1-2-10(15)7-11(16)13-6-8-5-9(14)3-4-12(8)17-13/h3-6,10H,2,7,15H2,1H3. The molecular formula is C13H14ClNO2. The first kappa shape index (κ1) is 12.1. The first-order chi connectivity index (χ1) is 8.10. The molecule has 3 nitrogen and oxygen atoms in total. The molecule has 0 saturated carbocycles. The van der Waals surface area contributed by atoms with Crippen molar-refractivity contribution in [2.75, 3.05) is 0 Å². The highest BCUT2D eigenvalue weighted by Gasteiger charge is 2.15. The lowest BCUT2D eigenvalue weighted by molar-refractivity contribution is 0.0949. The maximum Gasteiger partial charge on any atom is 0.199 e. The third kappa shape index (κ3) is 2.68. The van der Waals surface area contributed by atoms with Crippen LogP contribution in [0.5, 0.6) is 0 Å². The van der Waals surface area contributed by atoms with Crippen molar-refractivity contribution < 1.29 is 9.21 Å². The smallest absolute Gasteiger partial charge is 0.199 e. The highest BCUT2D eigenvalue weighted by atomic mass is 35.5. The molecular weight excluding hydrogens is 238 g/mol. The molecule has 0 aliphatic carbocycles. The minimum atomic E-state index is -0.112. The van der Waals surface area contributed by atoms with Crippen LogP contribution in [0.25, 0.3) is 11.0 Å². The first-order valence-electron chi connectivity index (χ1n) is 5.58. The number of rotatable bonds is 4. The van der Waals surface area contributed by atoms with Gasteiger partial charge in [0.15, 0.2) is 11.5 Å². The van der Waals surface area contributed by atoms with Crippen molar-refractivity contribution in [1.82, 2.24) is 0 Å². The van der Waals surface area contributed by atoms with Crippen LogP contribution in [-0.4, -0.2) is 11.8 Å². The molecule has 0 fully saturated rings. The molecule has 1 heterocycles. The third-order valence-electron chi connectivity index (χ3n) is 2.73. The molecule has 0 saturated heterocycles. The van der Waals surface area contributed by atoms with E-state index in [1.807, 2.05) is 6.92 Å². The van der Waals surface area contributed by atoms with E-state index in [9.17, 15) is 4.79 Å². The number of carbonyl (C=O) groups is 1. The van der Waals surface area contributed by atoms with Crippen LogP contribution in [0.4, 0.5) is 0 Å². The van der Waals surface area contributed by atoms with Crippen LogP contribution in [0.3, 0.4) is 0 Å². The fraction of sp³-hybridized carbons (Fsp3) is 0.308. The highest BCUT2D eigenvalue weighted by Crippen LogP contribution is 2.23. The number of benzene rings is 1. The first-order valence-corrected chi connectivity index (χ1v) is 5.96. The SMILES string of the molecule is CCC(N)CC(=O)c1cc2cc(Cl)ccc2o1. The van der Waals surface area contributed by atoms with Crippen molar-refractivity contribution in [3.05, 3.63) is 35.0 Å². The van der Waals surface area contributed by atoms with Crippen LogP contribution < -0.4 is 5.73 Å². The van der Waals surface area contributed by atoms with Crippen molar-refractivity contribution in [2.24, 2.45) is 5.73 Å². The van der Waals surface area contributed by atoms with Gasteiger partial charge in [-0.15, -0.1) is 0 Å². The van der Waals surface area contributed by atoms with Gasteiger partial charge >= 0.3 is 0 Å².